The van der Waals surface area contributed by atoms with Crippen molar-refractivity contribution in [2.45, 2.75) is 25.2 Å². The Morgan fingerprint density at radius 2 is 1.74 bits per heavy atom. The highest BCUT2D eigenvalue weighted by molar-refractivity contribution is 7.95. The van der Waals surface area contributed by atoms with E-state index in [4.69, 9.17) is 9.84 Å². The van der Waals surface area contributed by atoms with Crippen LogP contribution >= 0.6 is 0 Å². The van der Waals surface area contributed by atoms with Crippen LogP contribution in [0.4, 0.5) is 0 Å². The van der Waals surface area contributed by atoms with Gasteiger partial charge in [0.1, 0.15) is 22.4 Å². The van der Waals surface area contributed by atoms with Crippen molar-refractivity contribution in [3.05, 3.63) is 101 Å². The van der Waals surface area contributed by atoms with Gasteiger partial charge in [-0.05, 0) is 67.4 Å². The van der Waals surface area contributed by atoms with Crippen molar-refractivity contribution in [2.24, 2.45) is 0 Å². The van der Waals surface area contributed by atoms with Crippen LogP contribution in [-0.2, 0) is 9.84 Å². The van der Waals surface area contributed by atoms with Crippen LogP contribution in [0.5, 0.6) is 5.75 Å². The molecule has 0 aliphatic heterocycles. The highest BCUT2D eigenvalue weighted by Crippen LogP contribution is 2.31. The van der Waals surface area contributed by atoms with E-state index < -0.39 is 9.84 Å². The number of hydrogen-bond donors (Lipinski definition) is 0. The molecule has 0 bridgehead atoms. The summed E-state index contributed by atoms with van der Waals surface area (Å²) < 4.78 is 33.8. The highest BCUT2D eigenvalue weighted by atomic mass is 32.2. The summed E-state index contributed by atoms with van der Waals surface area (Å²) in [7, 11) is -3.99. The molecule has 0 fully saturated rings. The van der Waals surface area contributed by atoms with Crippen LogP contribution < -0.4 is 4.74 Å². The number of aryl methyl sites for hydroxylation is 1. The minimum atomic E-state index is -3.99. The summed E-state index contributed by atoms with van der Waals surface area (Å²) in [6.45, 7) is 4.63. The number of nitrogens with zero attached hydrogens (tertiary/aromatic N) is 3. The van der Waals surface area contributed by atoms with Gasteiger partial charge in [-0.25, -0.2) is 13.1 Å². The largest absolute Gasteiger partial charge is 0.493 e. The first-order chi connectivity index (χ1) is 16.9. The summed E-state index contributed by atoms with van der Waals surface area (Å²) in [5, 5.41) is 14.5. The average Bonchev–Trinajstić information content (AvgIpc) is 3.31. The third-order valence-corrected chi connectivity index (χ3v) is 7.09. The van der Waals surface area contributed by atoms with Gasteiger partial charge in [0.15, 0.2) is 0 Å². The van der Waals surface area contributed by atoms with E-state index >= 15 is 0 Å². The minimum Gasteiger partial charge on any atom is -0.493 e. The molecular weight excluding hydrogens is 458 g/mol. The van der Waals surface area contributed by atoms with E-state index in [0.29, 0.717) is 17.9 Å². The molecule has 0 unspecified atom stereocenters. The number of ether oxygens (including phenoxy) is 1. The third kappa shape index (κ3) is 5.18. The molecule has 0 saturated heterocycles. The Labute approximate surface area is 205 Å². The lowest BCUT2D eigenvalue weighted by Crippen LogP contribution is -2.03. The van der Waals surface area contributed by atoms with Crippen LogP contribution in [0.15, 0.2) is 94.9 Å². The van der Waals surface area contributed by atoms with Gasteiger partial charge in [-0.2, -0.15) is 10.4 Å². The van der Waals surface area contributed by atoms with Gasteiger partial charge in [0.25, 0.3) is 0 Å². The predicted molar refractivity (Wildman–Crippen MR) is 137 cm³/mol. The Kier molecular flexibility index (Phi) is 7.14. The Bertz CT molecular complexity index is 1500. The lowest BCUT2D eigenvalue weighted by atomic mass is 10.0. The fraction of sp³-hybridized carbons (Fsp3) is 0.143. The predicted octanol–water partition coefficient (Wildman–Crippen LogP) is 5.97. The molecule has 4 aromatic rings. The normalized spacial score (nSPS) is 11.7. The second-order valence-corrected chi connectivity index (χ2v) is 9.90. The van der Waals surface area contributed by atoms with Gasteiger partial charge in [0.2, 0.25) is 9.84 Å². The quantitative estimate of drug-likeness (QED) is 0.288. The van der Waals surface area contributed by atoms with Gasteiger partial charge in [-0.1, -0.05) is 43.3 Å². The Morgan fingerprint density at radius 1 is 1.06 bits per heavy atom. The molecule has 3 aromatic carbocycles. The maximum Gasteiger partial charge on any atom is 0.216 e. The molecule has 0 aliphatic carbocycles. The van der Waals surface area contributed by atoms with Gasteiger partial charge in [-0.15, -0.1) is 0 Å². The second kappa shape index (κ2) is 10.4. The van der Waals surface area contributed by atoms with Crippen molar-refractivity contribution in [2.75, 3.05) is 6.61 Å². The molecule has 4 rings (SSSR count). The van der Waals surface area contributed by atoms with E-state index in [1.54, 1.807) is 29.1 Å². The van der Waals surface area contributed by atoms with E-state index in [-0.39, 0.29) is 9.80 Å². The van der Waals surface area contributed by atoms with Gasteiger partial charge >= 0.3 is 0 Å². The molecule has 7 heteroatoms. The summed E-state index contributed by atoms with van der Waals surface area (Å²) >= 11 is 0. The molecule has 0 radical (unpaired) electrons. The number of aromatic nitrogens is 2. The van der Waals surface area contributed by atoms with Gasteiger partial charge in [0, 0.05) is 17.3 Å². The van der Waals surface area contributed by atoms with Crippen molar-refractivity contribution in [1.29, 1.82) is 5.26 Å². The lowest BCUT2D eigenvalue weighted by Gasteiger charge is -2.09. The molecule has 35 heavy (non-hydrogen) atoms. The molecule has 0 N–H and O–H groups in total. The summed E-state index contributed by atoms with van der Waals surface area (Å²) in [6.07, 6.45) is 4.03. The van der Waals surface area contributed by atoms with Crippen molar-refractivity contribution in [3.63, 3.8) is 0 Å². The molecule has 0 aliphatic rings. The van der Waals surface area contributed by atoms with Crippen LogP contribution in [0, 0.1) is 18.3 Å². The zero-order valence-corrected chi connectivity index (χ0v) is 20.4. The Balaban J connectivity index is 1.86. The minimum absolute atomic E-state index is 0.0677. The maximum absolute atomic E-state index is 13.2. The van der Waals surface area contributed by atoms with Crippen LogP contribution in [-0.4, -0.2) is 24.8 Å². The second-order valence-electron chi connectivity index (χ2n) is 7.98. The van der Waals surface area contributed by atoms with Crippen molar-refractivity contribution in [3.8, 4) is 28.8 Å². The summed E-state index contributed by atoms with van der Waals surface area (Å²) in [5.41, 5.74) is 3.64. The standard InChI is InChI=1S/C28H25N3O3S/c1-3-16-34-27-15-14-22(17-21(27)2)28-23(20-31(30-28)24-10-6-4-7-11-24)18-26(19-29)35(32,33)25-12-8-5-9-13-25/h4-15,17-18,20H,3,16H2,1-2H3/b26-18-. The van der Waals surface area contributed by atoms with Gasteiger partial charge in [-0.3, -0.25) is 0 Å². The average molecular weight is 484 g/mol. The first kappa shape index (κ1) is 24.0. The van der Waals surface area contributed by atoms with E-state index in [0.717, 1.165) is 29.0 Å². The van der Waals surface area contributed by atoms with E-state index in [1.165, 1.54) is 18.2 Å². The first-order valence-electron chi connectivity index (χ1n) is 11.2. The lowest BCUT2D eigenvalue weighted by molar-refractivity contribution is 0.315. The fourth-order valence-corrected chi connectivity index (χ4v) is 4.81. The molecule has 1 aromatic heterocycles. The number of benzene rings is 3. The summed E-state index contributed by atoms with van der Waals surface area (Å²) in [6, 6.07) is 25.1. The zero-order valence-electron chi connectivity index (χ0n) is 19.5. The summed E-state index contributed by atoms with van der Waals surface area (Å²) in [5.74, 6) is 0.791. The third-order valence-electron chi connectivity index (χ3n) is 5.41. The van der Waals surface area contributed by atoms with Crippen LogP contribution in [0.25, 0.3) is 23.0 Å². The maximum atomic E-state index is 13.2. The fourth-order valence-electron chi connectivity index (χ4n) is 3.64. The molecule has 0 atom stereocenters. The number of nitriles is 1. The molecule has 176 valence electrons. The van der Waals surface area contributed by atoms with Crippen molar-refractivity contribution >= 4 is 15.9 Å². The van der Waals surface area contributed by atoms with Crippen LogP contribution in [0.2, 0.25) is 0 Å². The number of rotatable bonds is 8. The zero-order chi connectivity index (χ0) is 24.8. The molecule has 1 heterocycles. The molecule has 0 saturated carbocycles. The number of allylic oxidation sites excluding steroid dienone is 1. The van der Waals surface area contributed by atoms with Crippen molar-refractivity contribution in [1.82, 2.24) is 9.78 Å². The van der Waals surface area contributed by atoms with Crippen LogP contribution in [0.1, 0.15) is 24.5 Å². The summed E-state index contributed by atoms with van der Waals surface area (Å²) in [4.78, 5) is -0.282. The van der Waals surface area contributed by atoms with Gasteiger partial charge < -0.3 is 4.74 Å². The SMILES string of the molecule is CCCOc1ccc(-c2nn(-c3ccccc3)cc2/C=C(/C#N)S(=O)(=O)c2ccccc2)cc1C. The van der Waals surface area contributed by atoms with Crippen LogP contribution in [0.3, 0.4) is 0 Å². The topological polar surface area (TPSA) is 85.0 Å². The van der Waals surface area contributed by atoms with Gasteiger partial charge in [0.05, 0.1) is 17.2 Å². The number of hydrogen-bond acceptors (Lipinski definition) is 5. The first-order valence-corrected chi connectivity index (χ1v) is 12.7. The number of para-hydroxylation sites is 1. The Morgan fingerprint density at radius 3 is 2.37 bits per heavy atom. The van der Waals surface area contributed by atoms with E-state index in [1.807, 2.05) is 61.5 Å². The smallest absolute Gasteiger partial charge is 0.216 e. The molecule has 0 amide bonds. The Hall–Kier alpha value is -4.15. The monoisotopic (exact) mass is 483 g/mol. The number of sulfone groups is 1. The highest BCUT2D eigenvalue weighted by Gasteiger charge is 2.22. The van der Waals surface area contributed by atoms with E-state index in [2.05, 4.69) is 6.92 Å². The molecule has 0 spiro atoms. The van der Waals surface area contributed by atoms with E-state index in [9.17, 15) is 13.7 Å². The van der Waals surface area contributed by atoms with Crippen molar-refractivity contribution < 1.29 is 13.2 Å². The molecule has 6 nitrogen and oxygen atoms in total. The molecular formula is C28H25N3O3S.